The Hall–Kier alpha value is -0.840. The van der Waals surface area contributed by atoms with Crippen LogP contribution in [0, 0.1) is 5.92 Å². The lowest BCUT2D eigenvalue weighted by molar-refractivity contribution is 0.135. The fourth-order valence-electron chi connectivity index (χ4n) is 2.17. The van der Waals surface area contributed by atoms with Crippen LogP contribution in [0.1, 0.15) is 39.0 Å². The van der Waals surface area contributed by atoms with Crippen molar-refractivity contribution in [2.24, 2.45) is 5.92 Å². The van der Waals surface area contributed by atoms with Crippen LogP contribution in [-0.2, 0) is 17.8 Å². The number of hydrogen-bond donors (Lipinski definition) is 1. The van der Waals surface area contributed by atoms with Gasteiger partial charge in [0.1, 0.15) is 5.76 Å². The van der Waals surface area contributed by atoms with Gasteiger partial charge in [0.15, 0.2) is 0 Å². The number of nitrogens with zero attached hydrogens (tertiary/aromatic N) is 1. The highest BCUT2D eigenvalue weighted by Crippen LogP contribution is 2.14. The summed E-state index contributed by atoms with van der Waals surface area (Å²) in [5.74, 6) is 1.70. The van der Waals surface area contributed by atoms with Gasteiger partial charge in [0.25, 0.3) is 0 Å². The predicted molar refractivity (Wildman–Crippen MR) is 82.7 cm³/mol. The van der Waals surface area contributed by atoms with Gasteiger partial charge in [0.05, 0.1) is 19.4 Å². The van der Waals surface area contributed by atoms with E-state index in [4.69, 9.17) is 9.15 Å². The second-order valence-electron chi connectivity index (χ2n) is 6.03. The molecule has 0 aromatic carbocycles. The number of furan rings is 1. The van der Waals surface area contributed by atoms with Crippen LogP contribution in [-0.4, -0.2) is 37.7 Å². The second kappa shape index (κ2) is 9.16. The smallest absolute Gasteiger partial charge is 0.122 e. The van der Waals surface area contributed by atoms with E-state index in [0.717, 1.165) is 38.5 Å². The molecule has 4 heteroatoms. The van der Waals surface area contributed by atoms with Crippen molar-refractivity contribution < 1.29 is 9.15 Å². The molecule has 0 aliphatic rings. The quantitative estimate of drug-likeness (QED) is 0.716. The molecule has 0 saturated carbocycles. The van der Waals surface area contributed by atoms with Crippen molar-refractivity contribution in [1.82, 2.24) is 10.2 Å². The average molecular weight is 282 g/mol. The number of ether oxygens (including phenoxy) is 1. The molecular weight excluding hydrogens is 252 g/mol. The molecule has 0 saturated heterocycles. The summed E-state index contributed by atoms with van der Waals surface area (Å²) in [5, 5.41) is 3.41. The molecule has 1 aromatic heterocycles. The summed E-state index contributed by atoms with van der Waals surface area (Å²) in [7, 11) is 1.75. The summed E-state index contributed by atoms with van der Waals surface area (Å²) in [6, 6.07) is 2.55. The van der Waals surface area contributed by atoms with Gasteiger partial charge in [-0.05, 0) is 12.0 Å². The molecular formula is C16H30N2O2. The Balaban J connectivity index is 2.60. The maximum absolute atomic E-state index is 5.60. The fourth-order valence-corrected chi connectivity index (χ4v) is 2.17. The Labute approximate surface area is 123 Å². The van der Waals surface area contributed by atoms with Crippen LogP contribution in [0.4, 0.5) is 0 Å². The molecule has 1 N–H and O–H groups in total. The first-order valence-corrected chi connectivity index (χ1v) is 7.52. The van der Waals surface area contributed by atoms with Gasteiger partial charge in [-0.1, -0.05) is 27.7 Å². The van der Waals surface area contributed by atoms with Gasteiger partial charge >= 0.3 is 0 Å². The standard InChI is InChI=1S/C16H30N2O2/c1-13(2)11-18(7-9-19-5)12-15-6-8-20-16(15)10-17-14(3)4/h6,8,13-14,17H,7,9-12H2,1-5H3. The van der Waals surface area contributed by atoms with Crippen LogP contribution in [0.2, 0.25) is 0 Å². The molecule has 0 amide bonds. The van der Waals surface area contributed by atoms with Gasteiger partial charge in [0, 0.05) is 38.3 Å². The molecule has 1 heterocycles. The highest BCUT2D eigenvalue weighted by Gasteiger charge is 2.13. The lowest BCUT2D eigenvalue weighted by Crippen LogP contribution is -2.31. The van der Waals surface area contributed by atoms with Crippen molar-refractivity contribution in [2.75, 3.05) is 26.8 Å². The Morgan fingerprint density at radius 2 is 2.05 bits per heavy atom. The number of methoxy groups -OCH3 is 1. The van der Waals surface area contributed by atoms with Crippen molar-refractivity contribution in [2.45, 2.75) is 46.8 Å². The highest BCUT2D eigenvalue weighted by atomic mass is 16.5. The van der Waals surface area contributed by atoms with E-state index in [1.165, 1.54) is 5.56 Å². The second-order valence-corrected chi connectivity index (χ2v) is 6.03. The van der Waals surface area contributed by atoms with Crippen LogP contribution in [0.15, 0.2) is 16.7 Å². The Bertz CT molecular complexity index is 361. The van der Waals surface area contributed by atoms with E-state index in [2.05, 4.69) is 44.0 Å². The van der Waals surface area contributed by atoms with Crippen molar-refractivity contribution in [3.8, 4) is 0 Å². The maximum Gasteiger partial charge on any atom is 0.122 e. The van der Waals surface area contributed by atoms with E-state index in [1.54, 1.807) is 13.4 Å². The van der Waals surface area contributed by atoms with Crippen LogP contribution in [0.25, 0.3) is 0 Å². The third-order valence-electron chi connectivity index (χ3n) is 3.14. The third kappa shape index (κ3) is 6.55. The molecule has 0 atom stereocenters. The van der Waals surface area contributed by atoms with Gasteiger partial charge < -0.3 is 14.5 Å². The van der Waals surface area contributed by atoms with Gasteiger partial charge in [-0.25, -0.2) is 0 Å². The first-order valence-electron chi connectivity index (χ1n) is 7.52. The first-order chi connectivity index (χ1) is 9.52. The summed E-state index contributed by atoms with van der Waals surface area (Å²) >= 11 is 0. The normalized spacial score (nSPS) is 12.0. The van der Waals surface area contributed by atoms with E-state index >= 15 is 0 Å². The number of hydrogen-bond acceptors (Lipinski definition) is 4. The molecule has 0 fully saturated rings. The summed E-state index contributed by atoms with van der Waals surface area (Å²) in [6.07, 6.45) is 1.79. The Kier molecular flexibility index (Phi) is 7.88. The zero-order valence-corrected chi connectivity index (χ0v) is 13.6. The molecule has 0 aliphatic heterocycles. The maximum atomic E-state index is 5.60. The zero-order valence-electron chi connectivity index (χ0n) is 13.6. The van der Waals surface area contributed by atoms with Crippen LogP contribution >= 0.6 is 0 Å². The minimum Gasteiger partial charge on any atom is -0.468 e. The summed E-state index contributed by atoms with van der Waals surface area (Å²) < 4.78 is 10.8. The number of rotatable bonds is 10. The van der Waals surface area contributed by atoms with E-state index in [-0.39, 0.29) is 0 Å². The van der Waals surface area contributed by atoms with E-state index in [0.29, 0.717) is 12.0 Å². The van der Waals surface area contributed by atoms with Crippen LogP contribution < -0.4 is 5.32 Å². The molecule has 0 spiro atoms. The summed E-state index contributed by atoms with van der Waals surface area (Å²) in [5.41, 5.74) is 1.27. The fraction of sp³-hybridized carbons (Fsp3) is 0.750. The highest BCUT2D eigenvalue weighted by molar-refractivity contribution is 5.17. The van der Waals surface area contributed by atoms with Gasteiger partial charge in [-0.15, -0.1) is 0 Å². The molecule has 20 heavy (non-hydrogen) atoms. The van der Waals surface area contributed by atoms with Crippen molar-refractivity contribution in [3.05, 3.63) is 23.7 Å². The van der Waals surface area contributed by atoms with Crippen molar-refractivity contribution in [3.63, 3.8) is 0 Å². The van der Waals surface area contributed by atoms with Crippen LogP contribution in [0.3, 0.4) is 0 Å². The molecule has 4 nitrogen and oxygen atoms in total. The molecule has 0 aliphatic carbocycles. The largest absolute Gasteiger partial charge is 0.468 e. The SMILES string of the molecule is COCCN(Cc1ccoc1CNC(C)C)CC(C)C. The van der Waals surface area contributed by atoms with E-state index in [1.807, 2.05) is 0 Å². The molecule has 116 valence electrons. The van der Waals surface area contributed by atoms with E-state index < -0.39 is 0 Å². The topological polar surface area (TPSA) is 37.6 Å². The predicted octanol–water partition coefficient (Wildman–Crippen LogP) is 2.88. The first kappa shape index (κ1) is 17.2. The van der Waals surface area contributed by atoms with Crippen molar-refractivity contribution >= 4 is 0 Å². The lowest BCUT2D eigenvalue weighted by Gasteiger charge is -2.24. The van der Waals surface area contributed by atoms with Gasteiger partial charge in [-0.3, -0.25) is 4.90 Å². The van der Waals surface area contributed by atoms with Crippen LogP contribution in [0.5, 0.6) is 0 Å². The monoisotopic (exact) mass is 282 g/mol. The molecule has 1 aromatic rings. The molecule has 0 radical (unpaired) electrons. The molecule has 0 unspecified atom stereocenters. The molecule has 1 rings (SSSR count). The minimum atomic E-state index is 0.466. The van der Waals surface area contributed by atoms with Crippen molar-refractivity contribution in [1.29, 1.82) is 0 Å². The molecule has 0 bridgehead atoms. The third-order valence-corrected chi connectivity index (χ3v) is 3.14. The zero-order chi connectivity index (χ0) is 15.0. The minimum absolute atomic E-state index is 0.466. The Morgan fingerprint density at radius 1 is 1.30 bits per heavy atom. The Morgan fingerprint density at radius 3 is 2.65 bits per heavy atom. The lowest BCUT2D eigenvalue weighted by atomic mass is 10.1. The average Bonchev–Trinajstić information content (AvgIpc) is 2.80. The van der Waals surface area contributed by atoms with Gasteiger partial charge in [-0.2, -0.15) is 0 Å². The summed E-state index contributed by atoms with van der Waals surface area (Å²) in [4.78, 5) is 2.43. The van der Waals surface area contributed by atoms with E-state index in [9.17, 15) is 0 Å². The van der Waals surface area contributed by atoms with Gasteiger partial charge in [0.2, 0.25) is 0 Å². The number of nitrogens with one attached hydrogen (secondary N) is 1. The summed E-state index contributed by atoms with van der Waals surface area (Å²) in [6.45, 7) is 13.3.